The first-order valence-corrected chi connectivity index (χ1v) is 7.55. The van der Waals surface area contributed by atoms with Crippen LogP contribution in [0.1, 0.15) is 16.7 Å². The fourth-order valence-electron chi connectivity index (χ4n) is 2.30. The molecule has 0 fully saturated rings. The van der Waals surface area contributed by atoms with Gasteiger partial charge in [-0.1, -0.05) is 91.0 Å². The number of hydrogen-bond donors (Lipinski definition) is 1. The van der Waals surface area contributed by atoms with Crippen LogP contribution >= 0.6 is 0 Å². The van der Waals surface area contributed by atoms with E-state index < -0.39 is 0 Å². The lowest BCUT2D eigenvalue weighted by molar-refractivity contribution is 1.46. The van der Waals surface area contributed by atoms with Gasteiger partial charge in [0.1, 0.15) is 5.84 Å². The summed E-state index contributed by atoms with van der Waals surface area (Å²) in [5.41, 5.74) is 10.1. The Bertz CT molecular complexity index is 804. The van der Waals surface area contributed by atoms with E-state index >= 15 is 0 Å². The van der Waals surface area contributed by atoms with Crippen molar-refractivity contribution in [2.45, 2.75) is 0 Å². The fraction of sp³-hybridized carbons (Fsp3) is 0. The second-order valence-electron chi connectivity index (χ2n) is 5.17. The molecule has 2 heteroatoms. The van der Waals surface area contributed by atoms with Crippen LogP contribution in [0.5, 0.6) is 0 Å². The first-order valence-electron chi connectivity index (χ1n) is 7.55. The fourth-order valence-corrected chi connectivity index (χ4v) is 2.30. The second-order valence-corrected chi connectivity index (χ2v) is 5.17. The van der Waals surface area contributed by atoms with Crippen molar-refractivity contribution in [3.05, 3.63) is 108 Å². The van der Waals surface area contributed by atoms with E-state index in [1.165, 1.54) is 0 Å². The average molecular weight is 298 g/mol. The topological polar surface area (TPSA) is 38.4 Å². The summed E-state index contributed by atoms with van der Waals surface area (Å²) in [7, 11) is 0. The number of aliphatic imine (C=N–C) groups is 1. The average Bonchev–Trinajstić information content (AvgIpc) is 2.63. The lowest BCUT2D eigenvalue weighted by atomic mass is 10.1. The molecule has 3 aromatic carbocycles. The van der Waals surface area contributed by atoms with Gasteiger partial charge in [-0.05, 0) is 11.6 Å². The van der Waals surface area contributed by atoms with Gasteiger partial charge in [0, 0.05) is 11.1 Å². The van der Waals surface area contributed by atoms with Crippen LogP contribution < -0.4 is 5.73 Å². The van der Waals surface area contributed by atoms with E-state index in [0.29, 0.717) is 5.84 Å². The molecule has 0 aromatic heterocycles. The summed E-state index contributed by atoms with van der Waals surface area (Å²) in [5, 5.41) is 0. The quantitative estimate of drug-likeness (QED) is 0.427. The van der Waals surface area contributed by atoms with Crippen LogP contribution in [0, 0.1) is 0 Å². The molecule has 112 valence electrons. The van der Waals surface area contributed by atoms with Crippen molar-refractivity contribution in [2.24, 2.45) is 10.7 Å². The van der Waals surface area contributed by atoms with Crippen LogP contribution in [-0.2, 0) is 0 Å². The van der Waals surface area contributed by atoms with Crippen molar-refractivity contribution in [3.8, 4) is 0 Å². The van der Waals surface area contributed by atoms with Crippen LogP contribution in [0.2, 0.25) is 0 Å². The smallest absolute Gasteiger partial charge is 0.131 e. The number of rotatable bonds is 4. The molecular formula is C21H18N2. The molecule has 0 heterocycles. The lowest BCUT2D eigenvalue weighted by Crippen LogP contribution is -2.13. The third-order valence-corrected chi connectivity index (χ3v) is 3.48. The largest absolute Gasteiger partial charge is 0.383 e. The van der Waals surface area contributed by atoms with Crippen LogP contribution in [0.3, 0.4) is 0 Å². The number of benzene rings is 3. The minimum atomic E-state index is 0.511. The van der Waals surface area contributed by atoms with Gasteiger partial charge < -0.3 is 5.73 Å². The summed E-state index contributed by atoms with van der Waals surface area (Å²) in [4.78, 5) is 4.67. The molecular weight excluding hydrogens is 280 g/mol. The van der Waals surface area contributed by atoms with Gasteiger partial charge in [-0.3, -0.25) is 0 Å². The Morgan fingerprint density at radius 3 is 1.70 bits per heavy atom. The molecule has 0 aliphatic rings. The molecule has 0 aliphatic heterocycles. The molecule has 0 aliphatic carbocycles. The molecule has 0 saturated carbocycles. The highest BCUT2D eigenvalue weighted by Gasteiger charge is 2.03. The summed E-state index contributed by atoms with van der Waals surface area (Å²) in [6, 6.07) is 30.0. The van der Waals surface area contributed by atoms with Gasteiger partial charge in [-0.15, -0.1) is 0 Å². The Balaban J connectivity index is 2.04. The molecule has 23 heavy (non-hydrogen) atoms. The van der Waals surface area contributed by atoms with Gasteiger partial charge in [-0.2, -0.15) is 0 Å². The molecule has 0 unspecified atom stereocenters. The Hall–Kier alpha value is -3.13. The third-order valence-electron chi connectivity index (χ3n) is 3.48. The summed E-state index contributed by atoms with van der Waals surface area (Å²) >= 11 is 0. The van der Waals surface area contributed by atoms with Crippen molar-refractivity contribution in [3.63, 3.8) is 0 Å². The maximum atomic E-state index is 6.20. The highest BCUT2D eigenvalue weighted by atomic mass is 14.9. The molecule has 0 radical (unpaired) electrons. The van der Waals surface area contributed by atoms with E-state index in [0.717, 1.165) is 22.4 Å². The third kappa shape index (κ3) is 3.95. The Morgan fingerprint density at radius 1 is 0.652 bits per heavy atom. The lowest BCUT2D eigenvalue weighted by Gasteiger charge is -2.06. The minimum Gasteiger partial charge on any atom is -0.383 e. The van der Waals surface area contributed by atoms with Crippen molar-refractivity contribution in [1.82, 2.24) is 0 Å². The number of amidine groups is 1. The first-order chi connectivity index (χ1) is 11.3. The van der Waals surface area contributed by atoms with Crippen molar-refractivity contribution < 1.29 is 0 Å². The standard InChI is InChI=1S/C21H18N2/c22-21(19-14-8-3-9-15-19)23-20(18-12-6-2-7-13-18)16-17-10-4-1-5-11-17/h1-16H,(H2,22,23). The van der Waals surface area contributed by atoms with Gasteiger partial charge in [0.2, 0.25) is 0 Å². The number of nitrogens with zero attached hydrogens (tertiary/aromatic N) is 1. The van der Waals surface area contributed by atoms with Crippen LogP contribution in [-0.4, -0.2) is 5.84 Å². The number of hydrogen-bond acceptors (Lipinski definition) is 1. The van der Waals surface area contributed by atoms with Gasteiger partial charge >= 0.3 is 0 Å². The van der Waals surface area contributed by atoms with Crippen molar-refractivity contribution in [1.29, 1.82) is 0 Å². The molecule has 3 aromatic rings. The van der Waals surface area contributed by atoms with Crippen molar-refractivity contribution >= 4 is 17.6 Å². The maximum absolute atomic E-state index is 6.20. The summed E-state index contributed by atoms with van der Waals surface area (Å²) in [6.07, 6.45) is 2.05. The van der Waals surface area contributed by atoms with Gasteiger partial charge in [0.05, 0.1) is 5.70 Å². The van der Waals surface area contributed by atoms with E-state index in [2.05, 4.69) is 17.1 Å². The van der Waals surface area contributed by atoms with E-state index in [-0.39, 0.29) is 0 Å². The summed E-state index contributed by atoms with van der Waals surface area (Å²) in [6.45, 7) is 0. The molecule has 2 N–H and O–H groups in total. The summed E-state index contributed by atoms with van der Waals surface area (Å²) < 4.78 is 0. The van der Waals surface area contributed by atoms with E-state index in [1.807, 2.05) is 84.9 Å². The molecule has 2 nitrogen and oxygen atoms in total. The minimum absolute atomic E-state index is 0.511. The maximum Gasteiger partial charge on any atom is 0.131 e. The molecule has 0 atom stereocenters. The van der Waals surface area contributed by atoms with E-state index in [1.54, 1.807) is 0 Å². The molecule has 3 rings (SSSR count). The molecule has 0 amide bonds. The summed E-state index contributed by atoms with van der Waals surface area (Å²) in [5.74, 6) is 0.511. The zero-order chi connectivity index (χ0) is 15.9. The molecule has 0 spiro atoms. The predicted octanol–water partition coefficient (Wildman–Crippen LogP) is 4.59. The zero-order valence-electron chi connectivity index (χ0n) is 12.8. The Kier molecular flexibility index (Phi) is 4.65. The predicted molar refractivity (Wildman–Crippen MR) is 97.9 cm³/mol. The normalized spacial score (nSPS) is 12.2. The van der Waals surface area contributed by atoms with E-state index in [4.69, 9.17) is 5.73 Å². The van der Waals surface area contributed by atoms with Crippen LogP contribution in [0.15, 0.2) is 96.0 Å². The van der Waals surface area contributed by atoms with Gasteiger partial charge in [-0.25, -0.2) is 4.99 Å². The van der Waals surface area contributed by atoms with E-state index in [9.17, 15) is 0 Å². The van der Waals surface area contributed by atoms with Gasteiger partial charge in [0.15, 0.2) is 0 Å². The monoisotopic (exact) mass is 298 g/mol. The highest BCUT2D eigenvalue weighted by molar-refractivity contribution is 6.02. The number of nitrogens with two attached hydrogens (primary N) is 1. The highest BCUT2D eigenvalue weighted by Crippen LogP contribution is 2.20. The second kappa shape index (κ2) is 7.23. The Morgan fingerprint density at radius 2 is 1.13 bits per heavy atom. The molecule has 0 saturated heterocycles. The Labute approximate surface area is 136 Å². The first kappa shape index (κ1) is 14.8. The van der Waals surface area contributed by atoms with Crippen molar-refractivity contribution in [2.75, 3.05) is 0 Å². The van der Waals surface area contributed by atoms with Crippen LogP contribution in [0.25, 0.3) is 11.8 Å². The van der Waals surface area contributed by atoms with Crippen LogP contribution in [0.4, 0.5) is 0 Å². The zero-order valence-corrected chi connectivity index (χ0v) is 12.8. The van der Waals surface area contributed by atoms with Gasteiger partial charge in [0.25, 0.3) is 0 Å². The molecule has 0 bridgehead atoms. The SMILES string of the molecule is NC(=NC(=Cc1ccccc1)c1ccccc1)c1ccccc1.